The standard InChI is InChI=1S/C17H21NO2S/c1-3-14(4-2)18-17(19)16-13(10-11-20-16)12-21-15-8-6-5-7-9-15/h5-11,14H,3-4,12H2,1-2H3,(H,18,19). The van der Waals surface area contributed by atoms with E-state index in [0.717, 1.165) is 24.2 Å². The lowest BCUT2D eigenvalue weighted by Crippen LogP contribution is -2.34. The molecular formula is C17H21NO2S. The van der Waals surface area contributed by atoms with Crippen LogP contribution in [-0.2, 0) is 5.75 Å². The van der Waals surface area contributed by atoms with Gasteiger partial charge in [-0.15, -0.1) is 11.8 Å². The Bertz CT molecular complexity index is 561. The maximum absolute atomic E-state index is 12.3. The second-order valence-electron chi connectivity index (χ2n) is 4.86. The first kappa shape index (κ1) is 15.7. The van der Waals surface area contributed by atoms with Gasteiger partial charge in [0.2, 0.25) is 0 Å². The Morgan fingerprint density at radius 2 is 1.90 bits per heavy atom. The van der Waals surface area contributed by atoms with Gasteiger partial charge in [0.05, 0.1) is 6.26 Å². The number of amides is 1. The minimum absolute atomic E-state index is 0.114. The summed E-state index contributed by atoms with van der Waals surface area (Å²) in [5, 5.41) is 3.02. The maximum atomic E-state index is 12.3. The zero-order chi connectivity index (χ0) is 15.1. The van der Waals surface area contributed by atoms with Gasteiger partial charge in [-0.25, -0.2) is 0 Å². The van der Waals surface area contributed by atoms with Crippen molar-refractivity contribution in [2.75, 3.05) is 0 Å². The van der Waals surface area contributed by atoms with Crippen molar-refractivity contribution in [3.63, 3.8) is 0 Å². The molecule has 1 aromatic carbocycles. The number of benzene rings is 1. The van der Waals surface area contributed by atoms with Crippen LogP contribution in [0.15, 0.2) is 52.0 Å². The maximum Gasteiger partial charge on any atom is 0.287 e. The Balaban J connectivity index is 1.99. The molecule has 1 amide bonds. The number of thioether (sulfide) groups is 1. The van der Waals surface area contributed by atoms with Crippen molar-refractivity contribution in [2.45, 2.75) is 43.4 Å². The fourth-order valence-corrected chi connectivity index (χ4v) is 2.97. The third-order valence-electron chi connectivity index (χ3n) is 3.41. The highest BCUT2D eigenvalue weighted by molar-refractivity contribution is 7.98. The fourth-order valence-electron chi connectivity index (χ4n) is 2.07. The Kier molecular flexibility index (Phi) is 5.93. The van der Waals surface area contributed by atoms with Crippen molar-refractivity contribution in [1.29, 1.82) is 0 Å². The Morgan fingerprint density at radius 1 is 1.19 bits per heavy atom. The molecule has 112 valence electrons. The molecule has 0 unspecified atom stereocenters. The molecule has 1 N–H and O–H groups in total. The third kappa shape index (κ3) is 4.39. The predicted octanol–water partition coefficient (Wildman–Crippen LogP) is 4.49. The zero-order valence-corrected chi connectivity index (χ0v) is 13.3. The van der Waals surface area contributed by atoms with Gasteiger partial charge in [-0.3, -0.25) is 4.79 Å². The second kappa shape index (κ2) is 7.93. The van der Waals surface area contributed by atoms with Gasteiger partial charge in [0.25, 0.3) is 5.91 Å². The van der Waals surface area contributed by atoms with Crippen LogP contribution in [0.5, 0.6) is 0 Å². The topological polar surface area (TPSA) is 42.2 Å². The van der Waals surface area contributed by atoms with E-state index in [1.807, 2.05) is 24.3 Å². The lowest BCUT2D eigenvalue weighted by molar-refractivity contribution is 0.0906. The summed E-state index contributed by atoms with van der Waals surface area (Å²) in [5.41, 5.74) is 0.937. The minimum atomic E-state index is -0.114. The summed E-state index contributed by atoms with van der Waals surface area (Å²) in [4.78, 5) is 13.4. The molecule has 1 heterocycles. The van der Waals surface area contributed by atoms with Crippen molar-refractivity contribution in [3.8, 4) is 0 Å². The first-order valence-corrected chi connectivity index (χ1v) is 8.28. The summed E-state index contributed by atoms with van der Waals surface area (Å²) in [6.07, 6.45) is 3.44. The first-order valence-electron chi connectivity index (χ1n) is 7.29. The van der Waals surface area contributed by atoms with E-state index in [2.05, 4.69) is 31.3 Å². The van der Waals surface area contributed by atoms with Crippen molar-refractivity contribution < 1.29 is 9.21 Å². The van der Waals surface area contributed by atoms with Crippen molar-refractivity contribution in [1.82, 2.24) is 5.32 Å². The van der Waals surface area contributed by atoms with Gasteiger partial charge in [0.15, 0.2) is 5.76 Å². The van der Waals surface area contributed by atoms with Crippen LogP contribution in [0.25, 0.3) is 0 Å². The lowest BCUT2D eigenvalue weighted by atomic mass is 10.1. The van der Waals surface area contributed by atoms with Gasteiger partial charge >= 0.3 is 0 Å². The molecule has 0 aliphatic carbocycles. The highest BCUT2D eigenvalue weighted by atomic mass is 32.2. The number of nitrogens with one attached hydrogen (secondary N) is 1. The van der Waals surface area contributed by atoms with Gasteiger partial charge in [0, 0.05) is 22.3 Å². The molecule has 0 fully saturated rings. The molecule has 0 radical (unpaired) electrons. The number of carbonyl (C=O) groups excluding carboxylic acids is 1. The van der Waals surface area contributed by atoms with Gasteiger partial charge in [-0.05, 0) is 31.0 Å². The highest BCUT2D eigenvalue weighted by Gasteiger charge is 2.17. The summed E-state index contributed by atoms with van der Waals surface area (Å²) in [5.74, 6) is 1.05. The van der Waals surface area contributed by atoms with Crippen LogP contribution in [0.2, 0.25) is 0 Å². The quantitative estimate of drug-likeness (QED) is 0.766. The molecule has 0 spiro atoms. The van der Waals surface area contributed by atoms with Crippen LogP contribution in [-0.4, -0.2) is 11.9 Å². The molecule has 2 rings (SSSR count). The molecule has 1 aromatic heterocycles. The van der Waals surface area contributed by atoms with E-state index in [1.54, 1.807) is 18.0 Å². The Morgan fingerprint density at radius 3 is 2.57 bits per heavy atom. The summed E-state index contributed by atoms with van der Waals surface area (Å²) in [6.45, 7) is 4.14. The number of hydrogen-bond donors (Lipinski definition) is 1. The third-order valence-corrected chi connectivity index (χ3v) is 4.47. The number of rotatable bonds is 7. The highest BCUT2D eigenvalue weighted by Crippen LogP contribution is 2.24. The van der Waals surface area contributed by atoms with Crippen LogP contribution < -0.4 is 5.32 Å². The Hall–Kier alpha value is -1.68. The molecule has 3 nitrogen and oxygen atoms in total. The average molecular weight is 303 g/mol. The largest absolute Gasteiger partial charge is 0.459 e. The van der Waals surface area contributed by atoms with Crippen LogP contribution >= 0.6 is 11.8 Å². The van der Waals surface area contributed by atoms with E-state index >= 15 is 0 Å². The van der Waals surface area contributed by atoms with Gasteiger partial charge in [-0.2, -0.15) is 0 Å². The lowest BCUT2D eigenvalue weighted by Gasteiger charge is -2.14. The molecule has 21 heavy (non-hydrogen) atoms. The SMILES string of the molecule is CCC(CC)NC(=O)c1occc1CSc1ccccc1. The smallest absolute Gasteiger partial charge is 0.287 e. The second-order valence-corrected chi connectivity index (χ2v) is 5.91. The van der Waals surface area contributed by atoms with E-state index < -0.39 is 0 Å². The van der Waals surface area contributed by atoms with Gasteiger partial charge in [0.1, 0.15) is 0 Å². The molecule has 4 heteroatoms. The fraction of sp³-hybridized carbons (Fsp3) is 0.353. The van der Waals surface area contributed by atoms with Crippen LogP contribution in [0, 0.1) is 0 Å². The summed E-state index contributed by atoms with van der Waals surface area (Å²) in [7, 11) is 0. The summed E-state index contributed by atoms with van der Waals surface area (Å²) in [6, 6.07) is 12.2. The van der Waals surface area contributed by atoms with E-state index in [-0.39, 0.29) is 11.9 Å². The first-order chi connectivity index (χ1) is 10.2. The van der Waals surface area contributed by atoms with E-state index in [9.17, 15) is 4.79 Å². The Labute approximate surface area is 130 Å². The zero-order valence-electron chi connectivity index (χ0n) is 12.5. The van der Waals surface area contributed by atoms with Crippen LogP contribution in [0.3, 0.4) is 0 Å². The average Bonchev–Trinajstić information content (AvgIpc) is 3.00. The summed E-state index contributed by atoms with van der Waals surface area (Å²) < 4.78 is 5.38. The van der Waals surface area contributed by atoms with E-state index in [1.165, 1.54) is 4.90 Å². The predicted molar refractivity (Wildman–Crippen MR) is 86.5 cm³/mol. The van der Waals surface area contributed by atoms with Gasteiger partial charge < -0.3 is 9.73 Å². The molecule has 0 bridgehead atoms. The van der Waals surface area contributed by atoms with Crippen molar-refractivity contribution in [3.05, 3.63) is 54.0 Å². The molecular weight excluding hydrogens is 282 g/mol. The number of hydrogen-bond acceptors (Lipinski definition) is 3. The number of carbonyl (C=O) groups is 1. The normalized spacial score (nSPS) is 10.8. The summed E-state index contributed by atoms with van der Waals surface area (Å²) >= 11 is 1.70. The molecule has 0 saturated carbocycles. The molecule has 0 aliphatic rings. The molecule has 0 aliphatic heterocycles. The molecule has 0 saturated heterocycles. The molecule has 2 aromatic rings. The van der Waals surface area contributed by atoms with Crippen molar-refractivity contribution in [2.24, 2.45) is 0 Å². The van der Waals surface area contributed by atoms with Gasteiger partial charge in [-0.1, -0.05) is 32.0 Å². The van der Waals surface area contributed by atoms with Crippen LogP contribution in [0.4, 0.5) is 0 Å². The monoisotopic (exact) mass is 303 g/mol. The minimum Gasteiger partial charge on any atom is -0.459 e. The molecule has 0 atom stereocenters. The van der Waals surface area contributed by atoms with E-state index in [0.29, 0.717) is 5.76 Å². The van der Waals surface area contributed by atoms with E-state index in [4.69, 9.17) is 4.42 Å². The van der Waals surface area contributed by atoms with Crippen LogP contribution in [0.1, 0.15) is 42.8 Å². The van der Waals surface area contributed by atoms with Crippen molar-refractivity contribution >= 4 is 17.7 Å². The number of furan rings is 1.